The van der Waals surface area contributed by atoms with Crippen molar-refractivity contribution in [3.63, 3.8) is 0 Å². The van der Waals surface area contributed by atoms with Crippen molar-refractivity contribution in [3.8, 4) is 0 Å². The molecule has 1 aliphatic carbocycles. The van der Waals surface area contributed by atoms with Crippen molar-refractivity contribution in [2.45, 2.75) is 44.9 Å². The van der Waals surface area contributed by atoms with Crippen LogP contribution in [0.5, 0.6) is 0 Å². The van der Waals surface area contributed by atoms with E-state index in [4.69, 9.17) is 5.73 Å². The minimum absolute atomic E-state index is 0.0165. The Hall–Kier alpha value is -0.290. The van der Waals surface area contributed by atoms with Crippen LogP contribution in [-0.4, -0.2) is 23.9 Å². The highest BCUT2D eigenvalue weighted by Crippen LogP contribution is 2.41. The van der Waals surface area contributed by atoms with Gasteiger partial charge in [-0.15, -0.1) is 0 Å². The summed E-state index contributed by atoms with van der Waals surface area (Å²) in [5.74, 6) is -1.23. The van der Waals surface area contributed by atoms with E-state index in [0.29, 0.717) is 19.4 Å². The van der Waals surface area contributed by atoms with Gasteiger partial charge in [-0.2, -0.15) is 13.2 Å². The first-order valence-corrected chi connectivity index (χ1v) is 5.81. The molecule has 0 radical (unpaired) electrons. The van der Waals surface area contributed by atoms with Gasteiger partial charge in [-0.05, 0) is 44.1 Å². The fraction of sp³-hybridized carbons (Fsp3) is 1.00. The van der Waals surface area contributed by atoms with Crippen LogP contribution in [0.15, 0.2) is 0 Å². The fourth-order valence-electron chi connectivity index (χ4n) is 2.39. The summed E-state index contributed by atoms with van der Waals surface area (Å²) >= 11 is 0. The molecule has 0 amide bonds. The zero-order valence-electron chi connectivity index (χ0n) is 9.50. The highest BCUT2D eigenvalue weighted by molar-refractivity contribution is 4.82. The Morgan fingerprint density at radius 3 is 2.12 bits per heavy atom. The molecule has 1 rings (SSSR count). The van der Waals surface area contributed by atoms with Gasteiger partial charge in [-0.3, -0.25) is 0 Å². The maximum absolute atomic E-state index is 12.4. The molecule has 16 heavy (non-hydrogen) atoms. The van der Waals surface area contributed by atoms with Crippen molar-refractivity contribution in [2.24, 2.45) is 23.5 Å². The molecule has 0 aromatic heterocycles. The summed E-state index contributed by atoms with van der Waals surface area (Å²) in [5, 5.41) is 9.87. The highest BCUT2D eigenvalue weighted by atomic mass is 19.4. The zero-order chi connectivity index (χ0) is 12.3. The van der Waals surface area contributed by atoms with Crippen LogP contribution in [0.25, 0.3) is 0 Å². The molecule has 2 unspecified atom stereocenters. The molecule has 0 aliphatic heterocycles. The molecule has 1 aliphatic rings. The van der Waals surface area contributed by atoms with Gasteiger partial charge in [0.05, 0.1) is 12.0 Å². The Bertz CT molecular complexity index is 212. The van der Waals surface area contributed by atoms with Gasteiger partial charge in [-0.1, -0.05) is 6.92 Å². The van der Waals surface area contributed by atoms with Gasteiger partial charge in [0, 0.05) is 0 Å². The lowest BCUT2D eigenvalue weighted by atomic mass is 9.76. The van der Waals surface area contributed by atoms with Crippen LogP contribution in [0.2, 0.25) is 0 Å². The maximum Gasteiger partial charge on any atom is 0.391 e. The second-order valence-electron chi connectivity index (χ2n) is 4.86. The summed E-state index contributed by atoms with van der Waals surface area (Å²) in [6.45, 7) is 2.21. The van der Waals surface area contributed by atoms with Crippen LogP contribution in [-0.2, 0) is 0 Å². The molecule has 2 atom stereocenters. The first kappa shape index (κ1) is 13.8. The summed E-state index contributed by atoms with van der Waals surface area (Å²) < 4.78 is 37.2. The molecule has 2 nitrogen and oxygen atoms in total. The number of hydrogen-bond acceptors (Lipinski definition) is 2. The molecule has 0 aromatic carbocycles. The molecule has 0 heterocycles. The summed E-state index contributed by atoms with van der Waals surface area (Å²) in [6, 6.07) is 0. The third-order valence-electron chi connectivity index (χ3n) is 3.67. The lowest BCUT2D eigenvalue weighted by Crippen LogP contribution is -2.36. The van der Waals surface area contributed by atoms with Crippen molar-refractivity contribution in [1.29, 1.82) is 0 Å². The SMILES string of the molecule is CC(CN)C(O)C1CCC(C(F)(F)F)CC1. The van der Waals surface area contributed by atoms with E-state index in [-0.39, 0.29) is 24.7 Å². The summed E-state index contributed by atoms with van der Waals surface area (Å²) in [6.07, 6.45) is -3.44. The molecule has 1 saturated carbocycles. The summed E-state index contributed by atoms with van der Waals surface area (Å²) in [4.78, 5) is 0. The number of alkyl halides is 3. The smallest absolute Gasteiger partial charge is 0.391 e. The Morgan fingerprint density at radius 2 is 1.75 bits per heavy atom. The number of hydrogen-bond donors (Lipinski definition) is 2. The van der Waals surface area contributed by atoms with Gasteiger partial charge in [0.25, 0.3) is 0 Å². The van der Waals surface area contributed by atoms with Crippen LogP contribution in [0, 0.1) is 17.8 Å². The molecule has 5 heteroatoms. The van der Waals surface area contributed by atoms with Crippen molar-refractivity contribution < 1.29 is 18.3 Å². The fourth-order valence-corrected chi connectivity index (χ4v) is 2.39. The van der Waals surface area contributed by atoms with Crippen molar-refractivity contribution in [3.05, 3.63) is 0 Å². The monoisotopic (exact) mass is 239 g/mol. The average molecular weight is 239 g/mol. The largest absolute Gasteiger partial charge is 0.393 e. The molecule has 0 spiro atoms. The van der Waals surface area contributed by atoms with Gasteiger partial charge in [0.1, 0.15) is 0 Å². The van der Waals surface area contributed by atoms with Crippen LogP contribution in [0.1, 0.15) is 32.6 Å². The minimum atomic E-state index is -4.07. The van der Waals surface area contributed by atoms with Crippen molar-refractivity contribution >= 4 is 0 Å². The lowest BCUT2D eigenvalue weighted by molar-refractivity contribution is -0.186. The van der Waals surface area contributed by atoms with Gasteiger partial charge in [-0.25, -0.2) is 0 Å². The molecule has 0 bridgehead atoms. The normalized spacial score (nSPS) is 31.1. The van der Waals surface area contributed by atoms with Crippen molar-refractivity contribution in [2.75, 3.05) is 6.54 Å². The van der Waals surface area contributed by atoms with Crippen LogP contribution < -0.4 is 5.73 Å². The molecule has 96 valence electrons. The number of rotatable bonds is 3. The maximum atomic E-state index is 12.4. The van der Waals surface area contributed by atoms with E-state index < -0.39 is 18.2 Å². The van der Waals surface area contributed by atoms with Crippen LogP contribution in [0.4, 0.5) is 13.2 Å². The van der Waals surface area contributed by atoms with E-state index in [2.05, 4.69) is 0 Å². The minimum Gasteiger partial charge on any atom is -0.393 e. The van der Waals surface area contributed by atoms with E-state index in [0.717, 1.165) is 0 Å². The summed E-state index contributed by atoms with van der Waals surface area (Å²) in [5.41, 5.74) is 5.44. The van der Waals surface area contributed by atoms with Crippen LogP contribution >= 0.6 is 0 Å². The Balaban J connectivity index is 2.43. The second kappa shape index (κ2) is 5.36. The van der Waals surface area contributed by atoms with E-state index in [1.54, 1.807) is 0 Å². The number of aliphatic hydroxyl groups excluding tert-OH is 1. The molecule has 0 saturated heterocycles. The molecular formula is C11H20F3NO. The van der Waals surface area contributed by atoms with Gasteiger partial charge in [0.15, 0.2) is 0 Å². The van der Waals surface area contributed by atoms with Gasteiger partial charge < -0.3 is 10.8 Å². The zero-order valence-corrected chi connectivity index (χ0v) is 9.50. The van der Waals surface area contributed by atoms with E-state index in [1.807, 2.05) is 6.92 Å². The third kappa shape index (κ3) is 3.35. The number of aliphatic hydroxyl groups is 1. The first-order valence-electron chi connectivity index (χ1n) is 5.81. The molecule has 0 aromatic rings. The third-order valence-corrected chi connectivity index (χ3v) is 3.67. The van der Waals surface area contributed by atoms with E-state index in [1.165, 1.54) is 0 Å². The molecule has 3 N–H and O–H groups in total. The Kier molecular flexibility index (Phi) is 4.62. The van der Waals surface area contributed by atoms with Gasteiger partial charge in [0.2, 0.25) is 0 Å². The van der Waals surface area contributed by atoms with Gasteiger partial charge >= 0.3 is 6.18 Å². The highest BCUT2D eigenvalue weighted by Gasteiger charge is 2.42. The number of nitrogens with two attached hydrogens (primary N) is 1. The predicted octanol–water partition coefficient (Wildman–Crippen LogP) is 2.31. The first-order chi connectivity index (χ1) is 7.36. The number of halogens is 3. The molecular weight excluding hydrogens is 219 g/mol. The van der Waals surface area contributed by atoms with Crippen LogP contribution in [0.3, 0.4) is 0 Å². The van der Waals surface area contributed by atoms with E-state index >= 15 is 0 Å². The topological polar surface area (TPSA) is 46.2 Å². The van der Waals surface area contributed by atoms with Crippen molar-refractivity contribution in [1.82, 2.24) is 0 Å². The quantitative estimate of drug-likeness (QED) is 0.794. The Morgan fingerprint density at radius 1 is 1.25 bits per heavy atom. The average Bonchev–Trinajstić information content (AvgIpc) is 2.26. The molecule has 1 fully saturated rings. The standard InChI is InChI=1S/C11H20F3NO/c1-7(6-15)10(16)8-2-4-9(5-3-8)11(12,13)14/h7-10,16H,2-6,15H2,1H3. The lowest BCUT2D eigenvalue weighted by Gasteiger charge is -2.34. The second-order valence-corrected chi connectivity index (χ2v) is 4.86. The Labute approximate surface area is 94.0 Å². The predicted molar refractivity (Wildman–Crippen MR) is 55.7 cm³/mol. The summed E-state index contributed by atoms with van der Waals surface area (Å²) in [7, 11) is 0. The van der Waals surface area contributed by atoms with E-state index in [9.17, 15) is 18.3 Å².